The van der Waals surface area contributed by atoms with Crippen LogP contribution >= 0.6 is 11.8 Å². The van der Waals surface area contributed by atoms with Gasteiger partial charge in [0.15, 0.2) is 0 Å². The number of hydrogen-bond donors (Lipinski definition) is 3. The molecule has 0 bridgehead atoms. The molecule has 3 amide bonds. The second kappa shape index (κ2) is 12.8. The minimum atomic E-state index is -0.931. The number of alkyl carbamates (subject to hydrolysis) is 1. The van der Waals surface area contributed by atoms with Crippen molar-refractivity contribution in [3.63, 3.8) is 0 Å². The fraction of sp³-hybridized carbons (Fsp3) is 0.429. The van der Waals surface area contributed by atoms with Gasteiger partial charge in [-0.15, -0.1) is 0 Å². The van der Waals surface area contributed by atoms with Crippen molar-refractivity contribution in [1.82, 2.24) is 16.0 Å². The first-order chi connectivity index (χ1) is 17.6. The van der Waals surface area contributed by atoms with Crippen LogP contribution in [0.2, 0.25) is 0 Å². The molecule has 3 N–H and O–H groups in total. The van der Waals surface area contributed by atoms with Gasteiger partial charge < -0.3 is 20.7 Å². The van der Waals surface area contributed by atoms with Gasteiger partial charge in [-0.1, -0.05) is 81.1 Å². The average Bonchev–Trinajstić information content (AvgIpc) is 3.19. The van der Waals surface area contributed by atoms with E-state index < -0.39 is 36.0 Å². The van der Waals surface area contributed by atoms with E-state index in [2.05, 4.69) is 28.1 Å². The number of rotatable bonds is 10. The molecule has 37 heavy (non-hydrogen) atoms. The summed E-state index contributed by atoms with van der Waals surface area (Å²) in [5.41, 5.74) is 4.44. The Labute approximate surface area is 222 Å². The van der Waals surface area contributed by atoms with E-state index in [1.54, 1.807) is 20.8 Å². The Kier molecular flexibility index (Phi) is 9.74. The molecule has 0 saturated heterocycles. The highest BCUT2D eigenvalue weighted by atomic mass is 32.2. The summed E-state index contributed by atoms with van der Waals surface area (Å²) in [4.78, 5) is 50.1. The summed E-state index contributed by atoms with van der Waals surface area (Å²) in [5.74, 6) is -0.681. The normalized spacial score (nSPS) is 14.6. The van der Waals surface area contributed by atoms with Crippen LogP contribution < -0.4 is 16.0 Å². The number of nitrogens with one attached hydrogen (secondary N) is 3. The van der Waals surface area contributed by atoms with Crippen LogP contribution in [0.3, 0.4) is 0 Å². The molecule has 3 rings (SSSR count). The number of fused-ring (bicyclic) bond motifs is 3. The van der Waals surface area contributed by atoms with Gasteiger partial charge in [0.25, 0.3) is 0 Å². The van der Waals surface area contributed by atoms with Crippen molar-refractivity contribution >= 4 is 34.8 Å². The minimum absolute atomic E-state index is 0.0909. The second-order valence-electron chi connectivity index (χ2n) is 9.40. The van der Waals surface area contributed by atoms with Gasteiger partial charge in [0.05, 0.1) is 6.04 Å². The smallest absolute Gasteiger partial charge is 0.407 e. The van der Waals surface area contributed by atoms with E-state index in [0.29, 0.717) is 5.75 Å². The number of thioether (sulfide) groups is 1. The van der Waals surface area contributed by atoms with Gasteiger partial charge >= 0.3 is 6.09 Å². The summed E-state index contributed by atoms with van der Waals surface area (Å²) in [6.45, 7) is 8.72. The second-order valence-corrected chi connectivity index (χ2v) is 10.7. The molecule has 0 saturated carbocycles. The molecular formula is C28H35N3O5S. The van der Waals surface area contributed by atoms with Crippen LogP contribution in [0.5, 0.6) is 0 Å². The number of amides is 3. The van der Waals surface area contributed by atoms with Crippen molar-refractivity contribution < 1.29 is 23.9 Å². The Morgan fingerprint density at radius 1 is 0.811 bits per heavy atom. The Bertz CT molecular complexity index is 1110. The molecule has 198 valence electrons. The van der Waals surface area contributed by atoms with Crippen molar-refractivity contribution in [1.29, 1.82) is 0 Å². The number of hydrogen-bond acceptors (Lipinski definition) is 6. The van der Waals surface area contributed by atoms with Crippen molar-refractivity contribution in [3.05, 3.63) is 59.7 Å². The van der Waals surface area contributed by atoms with Gasteiger partial charge in [-0.2, -0.15) is 0 Å². The van der Waals surface area contributed by atoms with Crippen LogP contribution in [0.1, 0.15) is 51.7 Å². The average molecular weight is 526 g/mol. The lowest BCUT2D eigenvalue weighted by Gasteiger charge is -2.25. The van der Waals surface area contributed by atoms with Gasteiger partial charge in [-0.3, -0.25) is 14.4 Å². The molecule has 8 nitrogen and oxygen atoms in total. The van der Waals surface area contributed by atoms with Crippen LogP contribution in [0.4, 0.5) is 4.79 Å². The van der Waals surface area contributed by atoms with Crippen LogP contribution in [0.25, 0.3) is 11.1 Å². The summed E-state index contributed by atoms with van der Waals surface area (Å²) in [6.07, 6.45) is -0.717. The third-order valence-corrected chi connectivity index (χ3v) is 7.24. The molecule has 1 aliphatic rings. The van der Waals surface area contributed by atoms with Gasteiger partial charge in [0, 0.05) is 5.92 Å². The lowest BCUT2D eigenvalue weighted by atomic mass is 9.98. The van der Waals surface area contributed by atoms with Crippen molar-refractivity contribution in [2.24, 2.45) is 5.92 Å². The molecule has 0 fully saturated rings. The third kappa shape index (κ3) is 6.91. The first-order valence-corrected chi connectivity index (χ1v) is 13.5. The summed E-state index contributed by atoms with van der Waals surface area (Å²) in [6, 6.07) is 13.6. The van der Waals surface area contributed by atoms with E-state index in [-0.39, 0.29) is 23.6 Å². The lowest BCUT2D eigenvalue weighted by molar-refractivity contribution is -0.131. The number of benzene rings is 2. The predicted octanol–water partition coefficient (Wildman–Crippen LogP) is 3.84. The molecule has 0 unspecified atom stereocenters. The molecular weight excluding hydrogens is 490 g/mol. The maximum absolute atomic E-state index is 12.8. The molecule has 2 aromatic rings. The first-order valence-electron chi connectivity index (χ1n) is 12.5. The zero-order valence-electron chi connectivity index (χ0n) is 21.9. The van der Waals surface area contributed by atoms with Crippen LogP contribution in [-0.4, -0.2) is 53.5 Å². The van der Waals surface area contributed by atoms with Crippen LogP contribution in [-0.2, 0) is 19.1 Å². The van der Waals surface area contributed by atoms with Gasteiger partial charge in [-0.05, 0) is 47.8 Å². The highest BCUT2D eigenvalue weighted by Crippen LogP contribution is 2.44. The number of ether oxygens (including phenoxy) is 1. The Morgan fingerprint density at radius 3 is 1.92 bits per heavy atom. The van der Waals surface area contributed by atoms with E-state index in [0.717, 1.165) is 34.0 Å². The first kappa shape index (κ1) is 28.2. The SMILES string of the molecule is CCSC(=O)[C@@H](C)NC(=O)[C@@H](NC(=O)[C@H](C)NC(=O)OCC1c2ccccc2-c2ccccc21)C(C)C. The van der Waals surface area contributed by atoms with Crippen molar-refractivity contribution in [3.8, 4) is 11.1 Å². The predicted molar refractivity (Wildman–Crippen MR) is 145 cm³/mol. The van der Waals surface area contributed by atoms with E-state index in [4.69, 9.17) is 4.74 Å². The fourth-order valence-electron chi connectivity index (χ4n) is 4.32. The lowest BCUT2D eigenvalue weighted by Crippen LogP contribution is -2.56. The summed E-state index contributed by atoms with van der Waals surface area (Å²) in [7, 11) is 0. The molecule has 9 heteroatoms. The van der Waals surface area contributed by atoms with Crippen LogP contribution in [0.15, 0.2) is 48.5 Å². The highest BCUT2D eigenvalue weighted by Gasteiger charge is 2.31. The fourth-order valence-corrected chi connectivity index (χ4v) is 4.92. The van der Waals surface area contributed by atoms with E-state index >= 15 is 0 Å². The van der Waals surface area contributed by atoms with Crippen molar-refractivity contribution in [2.45, 2.75) is 58.7 Å². The van der Waals surface area contributed by atoms with Crippen molar-refractivity contribution in [2.75, 3.05) is 12.4 Å². The molecule has 1 aliphatic carbocycles. The van der Waals surface area contributed by atoms with E-state index in [9.17, 15) is 19.2 Å². The zero-order chi connectivity index (χ0) is 27.1. The monoisotopic (exact) mass is 525 g/mol. The van der Waals surface area contributed by atoms with Gasteiger partial charge in [0.1, 0.15) is 18.7 Å². The molecule has 0 heterocycles. The summed E-state index contributed by atoms with van der Waals surface area (Å²) < 4.78 is 5.51. The van der Waals surface area contributed by atoms with Gasteiger partial charge in [-0.25, -0.2) is 4.79 Å². The standard InChI is InChI=1S/C28H35N3O5S/c1-6-37-27(34)18(5)29-26(33)24(16(2)3)31-25(32)17(4)30-28(35)36-15-23-21-13-9-7-11-19(21)20-12-8-10-14-22(20)23/h7-14,16-18,23-24H,6,15H2,1-5H3,(H,29,33)(H,30,35)(H,31,32)/t17-,18+,24-/m0/s1. The molecule has 0 radical (unpaired) electrons. The topological polar surface area (TPSA) is 114 Å². The number of carbonyl (C=O) groups is 4. The molecule has 3 atom stereocenters. The molecule has 0 aliphatic heterocycles. The van der Waals surface area contributed by atoms with E-state index in [1.807, 2.05) is 43.3 Å². The Balaban J connectivity index is 1.55. The summed E-state index contributed by atoms with van der Waals surface area (Å²) >= 11 is 1.13. The van der Waals surface area contributed by atoms with Gasteiger partial charge in [0.2, 0.25) is 16.9 Å². The maximum atomic E-state index is 12.8. The highest BCUT2D eigenvalue weighted by molar-refractivity contribution is 8.13. The van der Waals surface area contributed by atoms with Crippen LogP contribution in [0, 0.1) is 5.92 Å². The third-order valence-electron chi connectivity index (χ3n) is 6.32. The molecule has 0 spiro atoms. The molecule has 2 aromatic carbocycles. The Morgan fingerprint density at radius 2 is 1.38 bits per heavy atom. The largest absolute Gasteiger partial charge is 0.449 e. The zero-order valence-corrected chi connectivity index (χ0v) is 22.7. The van der Waals surface area contributed by atoms with E-state index in [1.165, 1.54) is 6.92 Å². The Hall–Kier alpha value is -3.33. The maximum Gasteiger partial charge on any atom is 0.407 e. The minimum Gasteiger partial charge on any atom is -0.449 e. The summed E-state index contributed by atoms with van der Waals surface area (Å²) in [5, 5.41) is 7.75. The quantitative estimate of drug-likeness (QED) is 0.434. The molecule has 0 aromatic heterocycles. The number of carbonyl (C=O) groups excluding carboxylic acids is 4.